The molecule has 0 bridgehead atoms. The molecule has 0 fully saturated rings. The number of fused-ring (bicyclic) bond motifs is 3. The number of benzene rings is 1. The molecule has 0 radical (unpaired) electrons. The Hall–Kier alpha value is -2.05. The molecule has 0 aliphatic carbocycles. The van der Waals surface area contributed by atoms with Gasteiger partial charge in [-0.25, -0.2) is 0 Å². The van der Waals surface area contributed by atoms with Gasteiger partial charge in [-0.1, -0.05) is 12.1 Å². The van der Waals surface area contributed by atoms with Crippen molar-refractivity contribution in [1.82, 2.24) is 9.91 Å². The first kappa shape index (κ1) is 16.4. The Kier molecular flexibility index (Phi) is 3.77. The maximum absolute atomic E-state index is 5.91. The Morgan fingerprint density at radius 2 is 1.84 bits per heavy atom. The van der Waals surface area contributed by atoms with Gasteiger partial charge in [0, 0.05) is 23.2 Å². The van der Waals surface area contributed by atoms with Crippen LogP contribution < -0.4 is 10.6 Å². The Balaban J connectivity index is 1.93. The predicted octanol–water partition coefficient (Wildman–Crippen LogP) is 3.39. The number of nitrogens with two attached hydrogens (primary N) is 1. The van der Waals surface area contributed by atoms with E-state index < -0.39 is 0 Å². The van der Waals surface area contributed by atoms with Crippen molar-refractivity contribution in [2.75, 3.05) is 31.3 Å². The third-order valence-electron chi connectivity index (χ3n) is 5.45. The highest BCUT2D eigenvalue weighted by molar-refractivity contribution is 7.16. The zero-order chi connectivity index (χ0) is 17.9. The summed E-state index contributed by atoms with van der Waals surface area (Å²) in [5.41, 5.74) is 10.8. The van der Waals surface area contributed by atoms with E-state index in [0.717, 1.165) is 18.1 Å². The zero-order valence-corrected chi connectivity index (χ0v) is 16.3. The van der Waals surface area contributed by atoms with Crippen molar-refractivity contribution >= 4 is 27.9 Å². The van der Waals surface area contributed by atoms with Crippen LogP contribution in [0.3, 0.4) is 0 Å². The van der Waals surface area contributed by atoms with Crippen LogP contribution in [-0.2, 0) is 0 Å². The first-order valence-electron chi connectivity index (χ1n) is 8.63. The highest BCUT2D eigenvalue weighted by atomic mass is 32.1. The second-order valence-electron chi connectivity index (χ2n) is 7.08. The smallest absolute Gasteiger partial charge is 0.146 e. The number of anilines is 2. The zero-order valence-electron chi connectivity index (χ0n) is 15.4. The number of thiophene rings is 1. The summed E-state index contributed by atoms with van der Waals surface area (Å²) < 4.78 is 0. The van der Waals surface area contributed by atoms with Crippen molar-refractivity contribution in [3.8, 4) is 0 Å². The van der Waals surface area contributed by atoms with E-state index in [1.807, 2.05) is 23.5 Å². The van der Waals surface area contributed by atoms with Gasteiger partial charge in [0.15, 0.2) is 0 Å². The molecule has 2 aliphatic heterocycles. The van der Waals surface area contributed by atoms with Crippen molar-refractivity contribution in [3.05, 3.63) is 45.8 Å². The molecule has 6 heteroatoms. The summed E-state index contributed by atoms with van der Waals surface area (Å²) in [6.45, 7) is 7.50. The normalized spacial score (nSPS) is 23.3. The molecular formula is C19H25N5S. The van der Waals surface area contributed by atoms with Gasteiger partial charge in [-0.05, 0) is 51.1 Å². The Labute approximate surface area is 153 Å². The van der Waals surface area contributed by atoms with Crippen LogP contribution in [0.5, 0.6) is 0 Å². The van der Waals surface area contributed by atoms with E-state index in [9.17, 15) is 0 Å². The fourth-order valence-corrected chi connectivity index (χ4v) is 5.14. The van der Waals surface area contributed by atoms with E-state index in [-0.39, 0.29) is 12.2 Å². The van der Waals surface area contributed by atoms with Crippen LogP contribution in [0.25, 0.3) is 0 Å². The van der Waals surface area contributed by atoms with E-state index >= 15 is 0 Å². The molecule has 2 unspecified atom stereocenters. The molecule has 25 heavy (non-hydrogen) atoms. The number of hydrogen-bond donors (Lipinski definition) is 1. The number of amidine groups is 1. The number of hydrogen-bond acceptors (Lipinski definition) is 6. The molecule has 4 rings (SSSR count). The van der Waals surface area contributed by atoms with Crippen LogP contribution in [0, 0.1) is 13.8 Å². The second kappa shape index (κ2) is 5.75. The van der Waals surface area contributed by atoms with Crippen molar-refractivity contribution in [2.45, 2.75) is 33.0 Å². The van der Waals surface area contributed by atoms with Crippen LogP contribution in [0.2, 0.25) is 0 Å². The van der Waals surface area contributed by atoms with Gasteiger partial charge in [0.2, 0.25) is 0 Å². The predicted molar refractivity (Wildman–Crippen MR) is 106 cm³/mol. The summed E-state index contributed by atoms with van der Waals surface area (Å²) in [7, 11) is 4.24. The molecule has 2 atom stereocenters. The molecule has 3 heterocycles. The van der Waals surface area contributed by atoms with E-state index in [0.29, 0.717) is 0 Å². The summed E-state index contributed by atoms with van der Waals surface area (Å²) in [6.07, 6.45) is 0.241. The first-order chi connectivity index (χ1) is 11.9. The van der Waals surface area contributed by atoms with E-state index in [1.54, 1.807) is 0 Å². The number of nitrogens with zero attached hydrogens (tertiary/aromatic N) is 4. The van der Waals surface area contributed by atoms with Gasteiger partial charge in [0.1, 0.15) is 17.0 Å². The third-order valence-corrected chi connectivity index (χ3v) is 6.68. The SMILES string of the molecule is Cc1sc2c(c1C)C(c1ccc(N)cc1)N(C)CC1=NN(C)C(C)N12. The van der Waals surface area contributed by atoms with Crippen molar-refractivity contribution in [1.29, 1.82) is 0 Å². The minimum absolute atomic E-state index is 0.214. The summed E-state index contributed by atoms with van der Waals surface area (Å²) >= 11 is 1.88. The highest BCUT2D eigenvalue weighted by Gasteiger charge is 2.40. The number of nitrogen functional groups attached to an aromatic ring is 1. The standard InChI is InChI=1S/C19H25N5S/c1-11-12(2)25-19-17(11)18(14-6-8-15(20)9-7-14)22(4)10-16-21-23(5)13(3)24(16)19/h6-9,13,18H,10,20H2,1-5H3. The fraction of sp³-hybridized carbons (Fsp3) is 0.421. The number of rotatable bonds is 1. The second-order valence-corrected chi connectivity index (χ2v) is 8.28. The lowest BCUT2D eigenvalue weighted by Gasteiger charge is -2.27. The monoisotopic (exact) mass is 355 g/mol. The molecule has 0 saturated heterocycles. The summed E-state index contributed by atoms with van der Waals surface area (Å²) in [5.74, 6) is 1.12. The number of hydrazone groups is 1. The third kappa shape index (κ3) is 2.43. The van der Waals surface area contributed by atoms with Crippen LogP contribution in [0.4, 0.5) is 10.7 Å². The van der Waals surface area contributed by atoms with Crippen molar-refractivity contribution in [2.24, 2.45) is 5.10 Å². The lowest BCUT2D eigenvalue weighted by molar-refractivity contribution is 0.300. The van der Waals surface area contributed by atoms with Crippen LogP contribution in [0.1, 0.15) is 34.5 Å². The Morgan fingerprint density at radius 3 is 2.52 bits per heavy atom. The van der Waals surface area contributed by atoms with Crippen LogP contribution in [-0.4, -0.2) is 42.6 Å². The van der Waals surface area contributed by atoms with Gasteiger partial charge in [-0.15, -0.1) is 11.3 Å². The molecule has 1 aromatic carbocycles. The van der Waals surface area contributed by atoms with Gasteiger partial charge < -0.3 is 5.73 Å². The summed E-state index contributed by atoms with van der Waals surface area (Å²) in [6, 6.07) is 8.52. The van der Waals surface area contributed by atoms with E-state index in [2.05, 4.69) is 61.8 Å². The Bertz CT molecular complexity index is 838. The maximum atomic E-state index is 5.91. The topological polar surface area (TPSA) is 48.1 Å². The molecule has 2 N–H and O–H groups in total. The van der Waals surface area contributed by atoms with E-state index in [4.69, 9.17) is 10.8 Å². The Morgan fingerprint density at radius 1 is 1.16 bits per heavy atom. The molecule has 0 saturated carbocycles. The average molecular weight is 356 g/mol. The lowest BCUT2D eigenvalue weighted by Crippen LogP contribution is -2.40. The number of likely N-dealkylation sites (N-methyl/N-ethyl adjacent to an activating group) is 1. The van der Waals surface area contributed by atoms with Gasteiger partial charge in [0.05, 0.1) is 12.6 Å². The molecule has 0 spiro atoms. The highest BCUT2D eigenvalue weighted by Crippen LogP contribution is 2.47. The fourth-order valence-electron chi connectivity index (χ4n) is 3.85. The minimum Gasteiger partial charge on any atom is -0.399 e. The van der Waals surface area contributed by atoms with Gasteiger partial charge in [-0.3, -0.25) is 14.8 Å². The van der Waals surface area contributed by atoms with Crippen LogP contribution >= 0.6 is 11.3 Å². The lowest BCUT2D eigenvalue weighted by atomic mass is 9.95. The van der Waals surface area contributed by atoms with E-state index in [1.165, 1.54) is 26.6 Å². The number of aryl methyl sites for hydroxylation is 1. The first-order valence-corrected chi connectivity index (χ1v) is 9.45. The van der Waals surface area contributed by atoms with Crippen LogP contribution in [0.15, 0.2) is 29.4 Å². The van der Waals surface area contributed by atoms with Gasteiger partial charge >= 0.3 is 0 Å². The van der Waals surface area contributed by atoms with Gasteiger partial charge in [-0.2, -0.15) is 5.10 Å². The van der Waals surface area contributed by atoms with Crippen molar-refractivity contribution in [3.63, 3.8) is 0 Å². The quantitative estimate of drug-likeness (QED) is 0.797. The summed E-state index contributed by atoms with van der Waals surface area (Å²) in [5, 5.41) is 8.19. The molecule has 0 amide bonds. The minimum atomic E-state index is 0.214. The average Bonchev–Trinajstić information content (AvgIpc) is 2.95. The molecule has 2 aliphatic rings. The molecule has 1 aromatic heterocycles. The van der Waals surface area contributed by atoms with Gasteiger partial charge in [0.25, 0.3) is 0 Å². The molecule has 2 aromatic rings. The molecule has 132 valence electrons. The largest absolute Gasteiger partial charge is 0.399 e. The summed E-state index contributed by atoms with van der Waals surface area (Å²) in [4.78, 5) is 6.18. The molecule has 5 nitrogen and oxygen atoms in total. The maximum Gasteiger partial charge on any atom is 0.146 e. The van der Waals surface area contributed by atoms with Crippen molar-refractivity contribution < 1.29 is 0 Å². The molecular weight excluding hydrogens is 330 g/mol.